The van der Waals surface area contributed by atoms with Gasteiger partial charge >= 0.3 is 7.60 Å². The van der Waals surface area contributed by atoms with Crippen molar-refractivity contribution in [3.8, 4) is 0 Å². The molecule has 0 aromatic rings. The molecule has 0 bridgehead atoms. The molecule has 0 atom stereocenters. The Balaban J connectivity index is 5.06. The van der Waals surface area contributed by atoms with Crippen molar-refractivity contribution in [1.82, 2.24) is 4.90 Å². The first-order valence-corrected chi connectivity index (χ1v) is 7.19. The van der Waals surface area contributed by atoms with Crippen LogP contribution in [-0.4, -0.2) is 33.1 Å². The van der Waals surface area contributed by atoms with Gasteiger partial charge in [0.1, 0.15) is 6.29 Å². The molecule has 0 saturated carbocycles. The molecule has 0 radical (unpaired) electrons. The monoisotopic (exact) mass is 247 g/mol. The normalized spacial score (nSPS) is 12.8. The van der Waals surface area contributed by atoms with E-state index in [0.717, 1.165) is 12.8 Å². The van der Waals surface area contributed by atoms with Crippen LogP contribution in [0.25, 0.3) is 0 Å². The van der Waals surface area contributed by atoms with Crippen molar-refractivity contribution < 1.29 is 14.4 Å². The Bertz CT molecular complexity index is 281. The van der Waals surface area contributed by atoms with Crippen molar-refractivity contribution in [1.29, 1.82) is 0 Å². The smallest absolute Gasteiger partial charge is 0.324 e. The molecule has 0 aromatic carbocycles. The van der Waals surface area contributed by atoms with Crippen LogP contribution in [0.2, 0.25) is 0 Å². The molecule has 0 unspecified atom stereocenters. The Kier molecular flexibility index (Phi) is 6.19. The van der Waals surface area contributed by atoms with Gasteiger partial charge in [0, 0.05) is 12.1 Å². The quantitative estimate of drug-likeness (QED) is 0.510. The van der Waals surface area contributed by atoms with Crippen molar-refractivity contribution >= 4 is 7.60 Å². The van der Waals surface area contributed by atoms with Gasteiger partial charge < -0.3 is 9.79 Å². The molecule has 2 N–H and O–H groups in total. The second-order valence-electron chi connectivity index (χ2n) is 3.83. The molecule has 0 rings (SSSR count). The summed E-state index contributed by atoms with van der Waals surface area (Å²) in [4.78, 5) is 19.9. The summed E-state index contributed by atoms with van der Waals surface area (Å²) >= 11 is 0. The fourth-order valence-corrected chi connectivity index (χ4v) is 2.72. The summed E-state index contributed by atoms with van der Waals surface area (Å²) in [6.45, 7) is 11.8. The Morgan fingerprint density at radius 3 is 2.06 bits per heavy atom. The zero-order valence-electron chi connectivity index (χ0n) is 10.1. The third-order valence-electron chi connectivity index (χ3n) is 2.94. The summed E-state index contributed by atoms with van der Waals surface area (Å²) in [7, 11) is -4.06. The molecule has 5 heteroatoms. The highest BCUT2D eigenvalue weighted by Gasteiger charge is 2.33. The molecule has 0 aliphatic heterocycles. The van der Waals surface area contributed by atoms with E-state index in [9.17, 15) is 4.57 Å². The first-order valence-electron chi connectivity index (χ1n) is 5.39. The summed E-state index contributed by atoms with van der Waals surface area (Å²) < 4.78 is 11.1. The molecule has 0 fully saturated rings. The summed E-state index contributed by atoms with van der Waals surface area (Å²) in [6, 6.07) is 0. The summed E-state index contributed by atoms with van der Waals surface area (Å²) in [5.74, 6) is 0. The van der Waals surface area contributed by atoms with E-state index in [0.29, 0.717) is 6.54 Å². The van der Waals surface area contributed by atoms with Crippen LogP contribution in [0, 0.1) is 0 Å². The van der Waals surface area contributed by atoms with Gasteiger partial charge in [0.2, 0.25) is 0 Å². The summed E-state index contributed by atoms with van der Waals surface area (Å²) in [6.07, 6.45) is 4.69. The van der Waals surface area contributed by atoms with Crippen molar-refractivity contribution in [3.05, 3.63) is 25.3 Å². The highest BCUT2D eigenvalue weighted by molar-refractivity contribution is 7.51. The molecule has 4 nitrogen and oxygen atoms in total. The Hall–Kier alpha value is -0.410. The van der Waals surface area contributed by atoms with Crippen LogP contribution in [0.15, 0.2) is 25.3 Å². The second kappa shape index (κ2) is 6.36. The first-order chi connectivity index (χ1) is 7.35. The topological polar surface area (TPSA) is 60.8 Å². The maximum Gasteiger partial charge on any atom is 0.339 e. The van der Waals surface area contributed by atoms with Crippen LogP contribution in [0.3, 0.4) is 0 Å². The van der Waals surface area contributed by atoms with Gasteiger partial charge in [-0.1, -0.05) is 26.0 Å². The zero-order valence-corrected chi connectivity index (χ0v) is 11.0. The number of nitrogens with zero attached hydrogens (tertiary/aromatic N) is 1. The number of hydrogen-bond acceptors (Lipinski definition) is 2. The predicted molar refractivity (Wildman–Crippen MR) is 67.3 cm³/mol. The maximum atomic E-state index is 11.1. The maximum absolute atomic E-state index is 11.1. The van der Waals surface area contributed by atoms with Gasteiger partial charge in [0.25, 0.3) is 0 Å². The van der Waals surface area contributed by atoms with E-state index in [1.165, 1.54) is 0 Å². The Labute approximate surface area is 97.8 Å². The average molecular weight is 247 g/mol. The average Bonchev–Trinajstić information content (AvgIpc) is 2.19. The molecule has 0 amide bonds. The lowest BCUT2D eigenvalue weighted by molar-refractivity contribution is 0.150. The molecule has 0 aliphatic carbocycles. The lowest BCUT2D eigenvalue weighted by Gasteiger charge is -2.40. The van der Waals surface area contributed by atoms with Gasteiger partial charge in [-0.05, 0) is 12.8 Å². The predicted octanol–water partition coefficient (Wildman–Crippen LogP) is 2.35. The van der Waals surface area contributed by atoms with E-state index in [-0.39, 0.29) is 11.8 Å². The van der Waals surface area contributed by atoms with E-state index in [2.05, 4.69) is 13.2 Å². The second-order valence-corrected chi connectivity index (χ2v) is 5.44. The van der Waals surface area contributed by atoms with E-state index >= 15 is 0 Å². The fraction of sp³-hybridized carbons (Fsp3) is 0.636. The van der Waals surface area contributed by atoms with Crippen molar-refractivity contribution in [2.24, 2.45) is 0 Å². The van der Waals surface area contributed by atoms with Crippen LogP contribution in [0.1, 0.15) is 26.7 Å². The molecule has 0 saturated heterocycles. The highest BCUT2D eigenvalue weighted by Crippen LogP contribution is 2.39. The van der Waals surface area contributed by atoms with Crippen LogP contribution >= 0.6 is 7.60 Å². The summed E-state index contributed by atoms with van der Waals surface area (Å²) in [5, 5.41) is 0. The van der Waals surface area contributed by atoms with E-state index in [1.54, 1.807) is 17.1 Å². The molecular formula is C11H22NO3P. The van der Waals surface area contributed by atoms with Gasteiger partial charge in [-0.15, -0.1) is 13.2 Å². The van der Waals surface area contributed by atoms with Crippen LogP contribution in [0.4, 0.5) is 0 Å². The molecule has 94 valence electrons. The van der Waals surface area contributed by atoms with Crippen LogP contribution < -0.4 is 0 Å². The molecular weight excluding hydrogens is 225 g/mol. The van der Waals surface area contributed by atoms with E-state index in [1.807, 2.05) is 13.8 Å². The lowest BCUT2D eigenvalue weighted by atomic mass is 9.91. The Morgan fingerprint density at radius 2 is 1.81 bits per heavy atom. The Morgan fingerprint density at radius 1 is 1.31 bits per heavy atom. The van der Waals surface area contributed by atoms with Crippen LogP contribution in [-0.2, 0) is 4.57 Å². The molecule has 0 heterocycles. The lowest BCUT2D eigenvalue weighted by Crippen LogP contribution is -2.46. The van der Waals surface area contributed by atoms with E-state index < -0.39 is 7.60 Å². The largest absolute Gasteiger partial charge is 0.339 e. The zero-order chi connectivity index (χ0) is 12.8. The standard InChI is InChI=1S/C11H22NO3P/c1-5-9-12(10-16(13,14)15)11(6-2,7-3)8-4/h5-6H,1-2,7-10H2,3-4H3,(H2,13,14,15). The third-order valence-corrected chi connectivity index (χ3v) is 3.65. The third kappa shape index (κ3) is 4.22. The van der Waals surface area contributed by atoms with Gasteiger partial charge in [-0.2, -0.15) is 0 Å². The van der Waals surface area contributed by atoms with Crippen molar-refractivity contribution in [3.63, 3.8) is 0 Å². The summed E-state index contributed by atoms with van der Waals surface area (Å²) in [5.41, 5.74) is -0.366. The van der Waals surface area contributed by atoms with Crippen LogP contribution in [0.5, 0.6) is 0 Å². The molecule has 0 spiro atoms. The minimum Gasteiger partial charge on any atom is -0.324 e. The van der Waals surface area contributed by atoms with Gasteiger partial charge in [-0.3, -0.25) is 9.46 Å². The van der Waals surface area contributed by atoms with Crippen molar-refractivity contribution in [2.45, 2.75) is 32.2 Å². The van der Waals surface area contributed by atoms with E-state index in [4.69, 9.17) is 9.79 Å². The molecule has 16 heavy (non-hydrogen) atoms. The minimum absolute atomic E-state index is 0.257. The van der Waals surface area contributed by atoms with Crippen molar-refractivity contribution in [2.75, 3.05) is 12.8 Å². The first kappa shape index (κ1) is 15.6. The van der Waals surface area contributed by atoms with Gasteiger partial charge in [0.15, 0.2) is 0 Å². The number of rotatable bonds is 8. The van der Waals surface area contributed by atoms with Gasteiger partial charge in [0.05, 0.1) is 0 Å². The van der Waals surface area contributed by atoms with Gasteiger partial charge in [-0.25, -0.2) is 0 Å². The molecule has 0 aliphatic rings. The highest BCUT2D eigenvalue weighted by atomic mass is 31.2. The minimum atomic E-state index is -4.06. The molecule has 0 aromatic heterocycles. The SMILES string of the molecule is C=CCN(CP(=O)(O)O)C(C=C)(CC)CC. The fourth-order valence-electron chi connectivity index (χ4n) is 1.87. The number of hydrogen-bond donors (Lipinski definition) is 2.